The van der Waals surface area contributed by atoms with Gasteiger partial charge in [-0.05, 0) is 0 Å². The fourth-order valence-electron chi connectivity index (χ4n) is 1.44. The highest BCUT2D eigenvalue weighted by molar-refractivity contribution is 5.61. The van der Waals surface area contributed by atoms with Crippen molar-refractivity contribution >= 4 is 11.5 Å². The molecule has 0 aromatic carbocycles. The predicted octanol–water partition coefficient (Wildman–Crippen LogP) is -0.554. The van der Waals surface area contributed by atoms with E-state index in [4.69, 9.17) is 10.5 Å². The zero-order chi connectivity index (χ0) is 11.4. The van der Waals surface area contributed by atoms with Gasteiger partial charge in [0.15, 0.2) is 5.82 Å². The topological polar surface area (TPSA) is 76.5 Å². The number of nitrogens with two attached hydrogens (primary N) is 1. The number of rotatable bonds is 5. The quantitative estimate of drug-likeness (QED) is 0.687. The van der Waals surface area contributed by atoms with Gasteiger partial charge in [0.2, 0.25) is 0 Å². The number of aliphatic hydroxyl groups is 1. The molecule has 0 saturated heterocycles. The standard InChI is InChI=1S/C9H18N4O2/c1-12(4-7(14)6-15-3)9-8(10)5-13(2)11-9/h5,7,14H,4,6,10H2,1-3H3. The van der Waals surface area contributed by atoms with Crippen molar-refractivity contribution in [2.24, 2.45) is 7.05 Å². The molecule has 15 heavy (non-hydrogen) atoms. The molecule has 86 valence electrons. The molecule has 0 bridgehead atoms. The Morgan fingerprint density at radius 1 is 1.73 bits per heavy atom. The molecule has 1 aromatic rings. The van der Waals surface area contributed by atoms with Crippen LogP contribution < -0.4 is 10.6 Å². The monoisotopic (exact) mass is 214 g/mol. The second-order valence-corrected chi connectivity index (χ2v) is 3.57. The van der Waals surface area contributed by atoms with Crippen LogP contribution in [0.5, 0.6) is 0 Å². The van der Waals surface area contributed by atoms with E-state index in [-0.39, 0.29) is 0 Å². The van der Waals surface area contributed by atoms with Gasteiger partial charge < -0.3 is 20.5 Å². The molecular weight excluding hydrogens is 196 g/mol. The number of nitrogen functional groups attached to an aromatic ring is 1. The van der Waals surface area contributed by atoms with Gasteiger partial charge >= 0.3 is 0 Å². The Balaban J connectivity index is 2.60. The molecule has 6 nitrogen and oxygen atoms in total. The summed E-state index contributed by atoms with van der Waals surface area (Å²) in [6.07, 6.45) is 1.19. The first kappa shape index (κ1) is 11.8. The second kappa shape index (κ2) is 4.99. The minimum atomic E-state index is -0.540. The SMILES string of the molecule is COCC(O)CN(C)c1nn(C)cc1N. The number of hydrogen-bond donors (Lipinski definition) is 2. The fraction of sp³-hybridized carbons (Fsp3) is 0.667. The third-order valence-electron chi connectivity index (χ3n) is 2.04. The van der Waals surface area contributed by atoms with Crippen LogP contribution in [0, 0.1) is 0 Å². The van der Waals surface area contributed by atoms with E-state index in [2.05, 4.69) is 5.10 Å². The third-order valence-corrected chi connectivity index (χ3v) is 2.04. The summed E-state index contributed by atoms with van der Waals surface area (Å²) in [4.78, 5) is 1.80. The normalized spacial score (nSPS) is 12.8. The van der Waals surface area contributed by atoms with E-state index in [0.29, 0.717) is 24.7 Å². The lowest BCUT2D eigenvalue weighted by atomic mass is 10.3. The van der Waals surface area contributed by atoms with Gasteiger partial charge in [0.25, 0.3) is 0 Å². The van der Waals surface area contributed by atoms with Crippen molar-refractivity contribution in [2.45, 2.75) is 6.10 Å². The van der Waals surface area contributed by atoms with Crippen LogP contribution in [0.4, 0.5) is 11.5 Å². The number of aliphatic hydroxyl groups excluding tert-OH is 1. The summed E-state index contributed by atoms with van der Waals surface area (Å²) >= 11 is 0. The molecule has 0 spiro atoms. The maximum absolute atomic E-state index is 9.54. The maximum atomic E-state index is 9.54. The van der Waals surface area contributed by atoms with Crippen molar-refractivity contribution in [3.8, 4) is 0 Å². The van der Waals surface area contributed by atoms with Crippen LogP contribution in [0.2, 0.25) is 0 Å². The van der Waals surface area contributed by atoms with E-state index < -0.39 is 6.10 Å². The predicted molar refractivity (Wildman–Crippen MR) is 58.8 cm³/mol. The lowest BCUT2D eigenvalue weighted by molar-refractivity contribution is 0.0694. The summed E-state index contributed by atoms with van der Waals surface area (Å²) in [5.74, 6) is 0.674. The Bertz CT molecular complexity index is 313. The van der Waals surface area contributed by atoms with Crippen LogP contribution in [0.25, 0.3) is 0 Å². The molecular formula is C9H18N4O2. The van der Waals surface area contributed by atoms with Crippen LogP contribution in [0.3, 0.4) is 0 Å². The second-order valence-electron chi connectivity index (χ2n) is 3.57. The van der Waals surface area contributed by atoms with Crippen LogP contribution in [0.15, 0.2) is 6.20 Å². The van der Waals surface area contributed by atoms with E-state index in [9.17, 15) is 5.11 Å². The third kappa shape index (κ3) is 3.10. The molecule has 0 aliphatic heterocycles. The number of nitrogens with zero attached hydrogens (tertiary/aromatic N) is 3. The summed E-state index contributed by atoms with van der Waals surface area (Å²) in [6, 6.07) is 0. The molecule has 1 rings (SSSR count). The van der Waals surface area contributed by atoms with Crippen molar-refractivity contribution in [3.63, 3.8) is 0 Å². The van der Waals surface area contributed by atoms with E-state index in [1.54, 1.807) is 29.9 Å². The minimum Gasteiger partial charge on any atom is -0.394 e. The van der Waals surface area contributed by atoms with E-state index >= 15 is 0 Å². The smallest absolute Gasteiger partial charge is 0.173 e. The largest absolute Gasteiger partial charge is 0.394 e. The fourth-order valence-corrected chi connectivity index (χ4v) is 1.44. The molecule has 0 fully saturated rings. The number of anilines is 2. The summed E-state index contributed by atoms with van der Waals surface area (Å²) < 4.78 is 6.49. The van der Waals surface area contributed by atoms with Crippen molar-refractivity contribution in [1.29, 1.82) is 0 Å². The minimum absolute atomic E-state index is 0.303. The number of hydrogen-bond acceptors (Lipinski definition) is 5. The average molecular weight is 214 g/mol. The molecule has 0 aliphatic rings. The first-order valence-electron chi connectivity index (χ1n) is 4.72. The summed E-state index contributed by atoms with van der Waals surface area (Å²) in [5.41, 5.74) is 6.36. The molecule has 0 aliphatic carbocycles. The molecule has 0 saturated carbocycles. The van der Waals surface area contributed by atoms with E-state index in [0.717, 1.165) is 0 Å². The molecule has 1 atom stereocenters. The highest BCUT2D eigenvalue weighted by Crippen LogP contribution is 2.18. The number of ether oxygens (including phenoxy) is 1. The first-order chi connectivity index (χ1) is 7.04. The molecule has 1 heterocycles. The van der Waals surface area contributed by atoms with Gasteiger partial charge in [0.1, 0.15) is 0 Å². The van der Waals surface area contributed by atoms with Gasteiger partial charge in [-0.3, -0.25) is 4.68 Å². The Hall–Kier alpha value is -1.27. The molecule has 6 heteroatoms. The van der Waals surface area contributed by atoms with Gasteiger partial charge in [0.05, 0.1) is 18.4 Å². The van der Waals surface area contributed by atoms with Crippen LogP contribution >= 0.6 is 0 Å². The lowest BCUT2D eigenvalue weighted by Crippen LogP contribution is -2.32. The highest BCUT2D eigenvalue weighted by Gasteiger charge is 2.13. The Labute approximate surface area is 89.2 Å². The lowest BCUT2D eigenvalue weighted by Gasteiger charge is -2.20. The number of methoxy groups -OCH3 is 1. The summed E-state index contributed by atoms with van der Waals surface area (Å²) in [6.45, 7) is 0.742. The summed E-state index contributed by atoms with van der Waals surface area (Å²) in [7, 11) is 5.19. The Morgan fingerprint density at radius 3 is 2.87 bits per heavy atom. The number of likely N-dealkylation sites (N-methyl/N-ethyl adjacent to an activating group) is 1. The van der Waals surface area contributed by atoms with E-state index in [1.807, 2.05) is 7.05 Å². The number of aryl methyl sites for hydroxylation is 1. The number of aromatic nitrogens is 2. The van der Waals surface area contributed by atoms with Gasteiger partial charge in [0, 0.05) is 33.9 Å². The molecule has 1 unspecified atom stereocenters. The van der Waals surface area contributed by atoms with Gasteiger partial charge in [-0.2, -0.15) is 5.10 Å². The molecule has 3 N–H and O–H groups in total. The summed E-state index contributed by atoms with van der Waals surface area (Å²) in [5, 5.41) is 13.7. The van der Waals surface area contributed by atoms with Crippen molar-refractivity contribution in [2.75, 3.05) is 37.9 Å². The molecule has 0 amide bonds. The van der Waals surface area contributed by atoms with Crippen molar-refractivity contribution < 1.29 is 9.84 Å². The first-order valence-corrected chi connectivity index (χ1v) is 4.72. The van der Waals surface area contributed by atoms with Gasteiger partial charge in [-0.1, -0.05) is 0 Å². The van der Waals surface area contributed by atoms with Gasteiger partial charge in [-0.25, -0.2) is 0 Å². The zero-order valence-corrected chi connectivity index (χ0v) is 9.34. The van der Waals surface area contributed by atoms with Crippen molar-refractivity contribution in [3.05, 3.63) is 6.20 Å². The molecule has 0 radical (unpaired) electrons. The van der Waals surface area contributed by atoms with Gasteiger partial charge in [-0.15, -0.1) is 0 Å². The zero-order valence-electron chi connectivity index (χ0n) is 9.34. The molecule has 1 aromatic heterocycles. The van der Waals surface area contributed by atoms with Crippen LogP contribution in [-0.4, -0.2) is 48.3 Å². The van der Waals surface area contributed by atoms with Crippen molar-refractivity contribution in [1.82, 2.24) is 9.78 Å². The Morgan fingerprint density at radius 2 is 2.40 bits per heavy atom. The Kier molecular flexibility index (Phi) is 3.93. The van der Waals surface area contributed by atoms with E-state index in [1.165, 1.54) is 0 Å². The van der Waals surface area contributed by atoms with Crippen LogP contribution in [0.1, 0.15) is 0 Å². The van der Waals surface area contributed by atoms with Crippen LogP contribution in [-0.2, 0) is 11.8 Å². The maximum Gasteiger partial charge on any atom is 0.173 e. The highest BCUT2D eigenvalue weighted by atomic mass is 16.5. The average Bonchev–Trinajstić information content (AvgIpc) is 2.45.